The van der Waals surface area contributed by atoms with Gasteiger partial charge < -0.3 is 9.84 Å². The lowest BCUT2D eigenvalue weighted by Crippen LogP contribution is -2.24. The van der Waals surface area contributed by atoms with E-state index in [0.29, 0.717) is 5.56 Å². The molecule has 7 heteroatoms. The van der Waals surface area contributed by atoms with Gasteiger partial charge in [-0.25, -0.2) is 13.2 Å². The number of carboxylic acids is 1. The summed E-state index contributed by atoms with van der Waals surface area (Å²) in [6.07, 6.45) is 0. The van der Waals surface area contributed by atoms with Gasteiger partial charge in [0.25, 0.3) is 0 Å². The molecule has 0 fully saturated rings. The minimum absolute atomic E-state index is 0.0290. The number of hydrogen-bond acceptors (Lipinski definition) is 4. The molecule has 0 amide bonds. The molecule has 0 saturated heterocycles. The fourth-order valence-electron chi connectivity index (χ4n) is 2.16. The van der Waals surface area contributed by atoms with Crippen molar-refractivity contribution in [3.63, 3.8) is 0 Å². The van der Waals surface area contributed by atoms with Crippen LogP contribution in [0.25, 0.3) is 0 Å². The van der Waals surface area contributed by atoms with Crippen molar-refractivity contribution in [1.29, 1.82) is 0 Å². The van der Waals surface area contributed by atoms with Crippen molar-refractivity contribution in [2.45, 2.75) is 32.1 Å². The number of carboxylic acid groups (broad SMARTS) is 1. The maximum atomic E-state index is 12.5. The summed E-state index contributed by atoms with van der Waals surface area (Å²) in [5.74, 6) is -1.10. The van der Waals surface area contributed by atoms with E-state index < -0.39 is 21.6 Å². The molecule has 0 atom stereocenters. The minimum atomic E-state index is -3.73. The number of benzene rings is 2. The average Bonchev–Trinajstić information content (AvgIpc) is 2.47. The van der Waals surface area contributed by atoms with Crippen molar-refractivity contribution in [2.24, 2.45) is 0 Å². The van der Waals surface area contributed by atoms with Crippen molar-refractivity contribution in [3.8, 4) is 5.75 Å². The molecule has 134 valence electrons. The van der Waals surface area contributed by atoms with Gasteiger partial charge in [0.05, 0.1) is 17.0 Å². The molecular weight excluding hydrogens is 342 g/mol. The molecule has 0 radical (unpaired) electrons. The van der Waals surface area contributed by atoms with E-state index in [9.17, 15) is 13.2 Å². The van der Waals surface area contributed by atoms with Crippen LogP contribution in [0, 0.1) is 0 Å². The second-order valence-electron chi connectivity index (χ2n) is 6.58. The maximum Gasteiger partial charge on any atom is 0.335 e. The Morgan fingerprint density at radius 2 is 1.76 bits per heavy atom. The summed E-state index contributed by atoms with van der Waals surface area (Å²) >= 11 is 0. The van der Waals surface area contributed by atoms with Gasteiger partial charge in [-0.15, -0.1) is 0 Å². The van der Waals surface area contributed by atoms with E-state index in [4.69, 9.17) is 9.84 Å². The molecule has 2 N–H and O–H groups in total. The molecule has 0 aromatic heterocycles. The zero-order valence-electron chi connectivity index (χ0n) is 14.3. The zero-order chi connectivity index (χ0) is 18.7. The molecule has 0 heterocycles. The molecule has 0 unspecified atom stereocenters. The van der Waals surface area contributed by atoms with E-state index >= 15 is 0 Å². The first-order valence-electron chi connectivity index (χ1n) is 7.66. The highest BCUT2D eigenvalue weighted by atomic mass is 32.2. The Morgan fingerprint density at radius 1 is 1.12 bits per heavy atom. The lowest BCUT2D eigenvalue weighted by atomic mass is 10.1. The van der Waals surface area contributed by atoms with E-state index in [1.165, 1.54) is 18.2 Å². The molecule has 0 saturated carbocycles. The Kier molecular flexibility index (Phi) is 5.37. The van der Waals surface area contributed by atoms with E-state index in [1.54, 1.807) is 30.3 Å². The fraction of sp³-hybridized carbons (Fsp3) is 0.278. The summed E-state index contributed by atoms with van der Waals surface area (Å²) in [6.45, 7) is 5.46. The molecule has 25 heavy (non-hydrogen) atoms. The third-order valence-corrected chi connectivity index (χ3v) is 4.35. The Balaban J connectivity index is 2.34. The highest BCUT2D eigenvalue weighted by Crippen LogP contribution is 2.30. The molecule has 6 nitrogen and oxygen atoms in total. The molecule has 2 aromatic carbocycles. The van der Waals surface area contributed by atoms with Gasteiger partial charge in [-0.3, -0.25) is 4.72 Å². The van der Waals surface area contributed by atoms with Crippen molar-refractivity contribution in [2.75, 3.05) is 4.72 Å². The standard InChI is InChI=1S/C18H21NO5S/c1-18(2,3)24-16-10-9-14(17(20)21)11-15(16)19-25(22,23)12-13-7-5-4-6-8-13/h4-11,19H,12H2,1-3H3,(H,20,21). The van der Waals surface area contributed by atoms with Gasteiger partial charge in [-0.2, -0.15) is 0 Å². The Labute approximate surface area is 147 Å². The number of aromatic carboxylic acids is 1. The summed E-state index contributed by atoms with van der Waals surface area (Å²) in [7, 11) is -3.73. The third kappa shape index (κ3) is 5.79. The maximum absolute atomic E-state index is 12.5. The Hall–Kier alpha value is -2.54. The van der Waals surface area contributed by atoms with Crippen LogP contribution in [0.5, 0.6) is 5.75 Å². The SMILES string of the molecule is CC(C)(C)Oc1ccc(C(=O)O)cc1NS(=O)(=O)Cc1ccccc1. The predicted octanol–water partition coefficient (Wildman–Crippen LogP) is 3.50. The van der Waals surface area contributed by atoms with Crippen LogP contribution in [-0.2, 0) is 15.8 Å². The van der Waals surface area contributed by atoms with E-state index in [1.807, 2.05) is 20.8 Å². The number of hydrogen-bond donors (Lipinski definition) is 2. The predicted molar refractivity (Wildman–Crippen MR) is 96.5 cm³/mol. The third-order valence-electron chi connectivity index (χ3n) is 3.11. The Bertz CT molecular complexity index is 855. The van der Waals surface area contributed by atoms with E-state index in [2.05, 4.69) is 4.72 Å². The molecule has 0 aliphatic carbocycles. The lowest BCUT2D eigenvalue weighted by Gasteiger charge is -2.23. The van der Waals surface area contributed by atoms with E-state index in [-0.39, 0.29) is 22.8 Å². The summed E-state index contributed by atoms with van der Waals surface area (Å²) in [4.78, 5) is 11.2. The molecule has 0 aliphatic rings. The van der Waals surface area contributed by atoms with Crippen LogP contribution in [-0.4, -0.2) is 25.1 Å². The molecule has 2 rings (SSSR count). The number of anilines is 1. The van der Waals surface area contributed by atoms with Crippen LogP contribution in [0.4, 0.5) is 5.69 Å². The van der Waals surface area contributed by atoms with Gasteiger partial charge in [0.15, 0.2) is 0 Å². The van der Waals surface area contributed by atoms with Crippen LogP contribution in [0.1, 0.15) is 36.7 Å². The monoisotopic (exact) mass is 363 g/mol. The highest BCUT2D eigenvalue weighted by Gasteiger charge is 2.20. The second kappa shape index (κ2) is 7.14. The Morgan fingerprint density at radius 3 is 2.32 bits per heavy atom. The number of rotatable bonds is 6. The van der Waals surface area contributed by atoms with Crippen LogP contribution in [0.2, 0.25) is 0 Å². The average molecular weight is 363 g/mol. The van der Waals surface area contributed by atoms with E-state index in [0.717, 1.165) is 0 Å². The quantitative estimate of drug-likeness (QED) is 0.819. The van der Waals surface area contributed by atoms with Crippen molar-refractivity contribution in [3.05, 3.63) is 59.7 Å². The van der Waals surface area contributed by atoms with Crippen molar-refractivity contribution in [1.82, 2.24) is 0 Å². The largest absolute Gasteiger partial charge is 0.486 e. The summed E-state index contributed by atoms with van der Waals surface area (Å²) in [6, 6.07) is 12.8. The van der Waals surface area contributed by atoms with Crippen LogP contribution >= 0.6 is 0 Å². The molecule has 0 aliphatic heterocycles. The van der Waals surface area contributed by atoms with Gasteiger partial charge in [0, 0.05) is 0 Å². The lowest BCUT2D eigenvalue weighted by molar-refractivity contribution is 0.0697. The summed E-state index contributed by atoms with van der Waals surface area (Å²) in [5.41, 5.74) is 0.136. The topological polar surface area (TPSA) is 92.7 Å². The van der Waals surface area contributed by atoms with Crippen LogP contribution in [0.3, 0.4) is 0 Å². The van der Waals surface area contributed by atoms with Gasteiger partial charge in [-0.1, -0.05) is 30.3 Å². The zero-order valence-corrected chi connectivity index (χ0v) is 15.1. The number of carbonyl (C=O) groups is 1. The van der Waals surface area contributed by atoms with Gasteiger partial charge in [0.1, 0.15) is 11.4 Å². The second-order valence-corrected chi connectivity index (χ2v) is 8.30. The number of ether oxygens (including phenoxy) is 1. The van der Waals surface area contributed by atoms with Gasteiger partial charge in [0.2, 0.25) is 10.0 Å². The minimum Gasteiger partial charge on any atom is -0.486 e. The first kappa shape index (κ1) is 18.8. The first-order valence-corrected chi connectivity index (χ1v) is 9.32. The highest BCUT2D eigenvalue weighted by molar-refractivity contribution is 7.91. The molecule has 2 aromatic rings. The smallest absolute Gasteiger partial charge is 0.335 e. The molecule has 0 spiro atoms. The first-order chi connectivity index (χ1) is 11.6. The van der Waals surface area contributed by atoms with Crippen LogP contribution in [0.15, 0.2) is 48.5 Å². The fourth-order valence-corrected chi connectivity index (χ4v) is 3.36. The normalized spacial score (nSPS) is 11.8. The van der Waals surface area contributed by atoms with Gasteiger partial charge >= 0.3 is 5.97 Å². The van der Waals surface area contributed by atoms with Crippen molar-refractivity contribution >= 4 is 21.7 Å². The summed E-state index contributed by atoms with van der Waals surface area (Å²) in [5, 5.41) is 9.15. The number of nitrogens with one attached hydrogen (secondary N) is 1. The van der Waals surface area contributed by atoms with Crippen molar-refractivity contribution < 1.29 is 23.1 Å². The summed E-state index contributed by atoms with van der Waals surface area (Å²) < 4.78 is 33.1. The number of sulfonamides is 1. The molecule has 0 bridgehead atoms. The van der Waals surface area contributed by atoms with Gasteiger partial charge in [-0.05, 0) is 44.5 Å². The van der Waals surface area contributed by atoms with Crippen LogP contribution < -0.4 is 9.46 Å². The molecular formula is C18H21NO5S.